The average molecular weight is 275 g/mol. The van der Waals surface area contributed by atoms with Gasteiger partial charge < -0.3 is 10.7 Å². The molecule has 0 atom stereocenters. The van der Waals surface area contributed by atoms with Crippen LogP contribution in [0.5, 0.6) is 0 Å². The van der Waals surface area contributed by atoms with Crippen molar-refractivity contribution in [1.29, 1.82) is 0 Å². The number of hydrogen-bond acceptors (Lipinski definition) is 1. The van der Waals surface area contributed by atoms with Crippen molar-refractivity contribution in [2.45, 2.75) is 6.54 Å². The van der Waals surface area contributed by atoms with E-state index in [4.69, 9.17) is 17.3 Å². The normalized spacial score (nSPS) is 11.1. The Kier molecular flexibility index (Phi) is 3.01. The second-order valence-corrected chi connectivity index (χ2v) is 4.90. The summed E-state index contributed by atoms with van der Waals surface area (Å²) in [7, 11) is 0. The highest BCUT2D eigenvalue weighted by atomic mass is 35.5. The van der Waals surface area contributed by atoms with Crippen molar-refractivity contribution in [2.75, 3.05) is 0 Å². The van der Waals surface area contributed by atoms with Crippen molar-refractivity contribution >= 4 is 22.5 Å². The number of aromatic nitrogens is 1. The highest BCUT2D eigenvalue weighted by molar-refractivity contribution is 6.30. The molecule has 0 saturated carbocycles. The Labute approximate surface area is 115 Å². The average Bonchev–Trinajstić information content (AvgIpc) is 2.80. The highest BCUT2D eigenvalue weighted by Gasteiger charge is 2.06. The summed E-state index contributed by atoms with van der Waals surface area (Å²) in [5, 5.41) is 1.44. The van der Waals surface area contributed by atoms with Gasteiger partial charge in [-0.3, -0.25) is 0 Å². The summed E-state index contributed by atoms with van der Waals surface area (Å²) in [5.41, 5.74) is 9.25. The highest BCUT2D eigenvalue weighted by Crippen LogP contribution is 2.27. The van der Waals surface area contributed by atoms with Crippen LogP contribution in [0.15, 0.2) is 42.5 Å². The van der Waals surface area contributed by atoms with E-state index in [9.17, 15) is 4.39 Å². The molecule has 0 aliphatic rings. The molecule has 4 heteroatoms. The first kappa shape index (κ1) is 12.2. The predicted octanol–water partition coefficient (Wildman–Crippen LogP) is 4.09. The second kappa shape index (κ2) is 4.68. The zero-order valence-electron chi connectivity index (χ0n) is 10.1. The van der Waals surface area contributed by atoms with Crippen LogP contribution in [0.4, 0.5) is 4.39 Å². The maximum Gasteiger partial charge on any atom is 0.125 e. The van der Waals surface area contributed by atoms with Gasteiger partial charge in [0, 0.05) is 33.7 Å². The maximum absolute atomic E-state index is 13.4. The van der Waals surface area contributed by atoms with E-state index < -0.39 is 0 Å². The van der Waals surface area contributed by atoms with Gasteiger partial charge in [0.15, 0.2) is 0 Å². The first-order valence-electron chi connectivity index (χ1n) is 5.94. The molecular weight excluding hydrogens is 263 g/mol. The number of nitrogens with one attached hydrogen (secondary N) is 1. The van der Waals surface area contributed by atoms with Gasteiger partial charge in [-0.1, -0.05) is 17.7 Å². The van der Waals surface area contributed by atoms with Crippen LogP contribution in [0.1, 0.15) is 5.56 Å². The SMILES string of the molecule is NCc1ccc2[nH]c(-c3cc(F)cc(Cl)c3)cc2c1. The molecule has 0 spiro atoms. The number of H-pyrrole nitrogens is 1. The summed E-state index contributed by atoms with van der Waals surface area (Å²) < 4.78 is 13.4. The molecular formula is C15H12ClFN2. The molecule has 3 aromatic rings. The minimum Gasteiger partial charge on any atom is -0.355 e. The van der Waals surface area contributed by atoms with Gasteiger partial charge >= 0.3 is 0 Å². The Morgan fingerprint density at radius 3 is 2.68 bits per heavy atom. The first-order valence-corrected chi connectivity index (χ1v) is 6.32. The monoisotopic (exact) mass is 274 g/mol. The number of hydrogen-bond donors (Lipinski definition) is 2. The van der Waals surface area contributed by atoms with Gasteiger partial charge in [0.05, 0.1) is 0 Å². The van der Waals surface area contributed by atoms with Gasteiger partial charge in [-0.05, 0) is 42.0 Å². The third-order valence-electron chi connectivity index (χ3n) is 3.09. The number of aromatic amines is 1. The first-order chi connectivity index (χ1) is 9.15. The van der Waals surface area contributed by atoms with E-state index in [0.29, 0.717) is 11.6 Å². The van der Waals surface area contributed by atoms with Crippen molar-refractivity contribution < 1.29 is 4.39 Å². The lowest BCUT2D eigenvalue weighted by Gasteiger charge is -1.99. The molecule has 0 fully saturated rings. The molecule has 0 bridgehead atoms. The summed E-state index contributed by atoms with van der Waals surface area (Å²) >= 11 is 5.88. The van der Waals surface area contributed by atoms with Crippen LogP contribution < -0.4 is 5.73 Å². The Balaban J connectivity index is 2.14. The zero-order chi connectivity index (χ0) is 13.4. The van der Waals surface area contributed by atoms with Crippen molar-refractivity contribution in [3.8, 4) is 11.3 Å². The van der Waals surface area contributed by atoms with Crippen molar-refractivity contribution in [2.24, 2.45) is 5.73 Å². The van der Waals surface area contributed by atoms with E-state index in [0.717, 1.165) is 27.7 Å². The number of rotatable bonds is 2. The summed E-state index contributed by atoms with van der Waals surface area (Å²) in [6, 6.07) is 12.4. The summed E-state index contributed by atoms with van der Waals surface area (Å²) in [5.74, 6) is -0.344. The van der Waals surface area contributed by atoms with Crippen LogP contribution in [-0.2, 0) is 6.54 Å². The number of fused-ring (bicyclic) bond motifs is 1. The van der Waals surface area contributed by atoms with Gasteiger partial charge in [0.2, 0.25) is 0 Å². The van der Waals surface area contributed by atoms with E-state index in [-0.39, 0.29) is 5.82 Å². The maximum atomic E-state index is 13.4. The standard InChI is InChI=1S/C15H12ClFN2/c16-12-4-11(5-13(17)7-12)15-6-10-3-9(8-18)1-2-14(10)19-15/h1-7,19H,8,18H2. The van der Waals surface area contributed by atoms with E-state index in [1.54, 1.807) is 6.07 Å². The predicted molar refractivity (Wildman–Crippen MR) is 76.6 cm³/mol. The number of benzene rings is 2. The summed E-state index contributed by atoms with van der Waals surface area (Å²) in [4.78, 5) is 3.25. The molecule has 3 N–H and O–H groups in total. The Bertz CT molecular complexity index is 729. The molecule has 2 aromatic carbocycles. The van der Waals surface area contributed by atoms with Gasteiger partial charge in [0.25, 0.3) is 0 Å². The fraction of sp³-hybridized carbons (Fsp3) is 0.0667. The second-order valence-electron chi connectivity index (χ2n) is 4.47. The molecule has 96 valence electrons. The summed E-state index contributed by atoms with van der Waals surface area (Å²) in [6.07, 6.45) is 0. The van der Waals surface area contributed by atoms with E-state index in [1.807, 2.05) is 24.3 Å². The molecule has 3 rings (SSSR count). The van der Waals surface area contributed by atoms with Crippen molar-refractivity contribution in [1.82, 2.24) is 4.98 Å². The lowest BCUT2D eigenvalue weighted by Crippen LogP contribution is -1.94. The quantitative estimate of drug-likeness (QED) is 0.726. The third-order valence-corrected chi connectivity index (χ3v) is 3.31. The topological polar surface area (TPSA) is 41.8 Å². The van der Waals surface area contributed by atoms with Gasteiger partial charge in [-0.15, -0.1) is 0 Å². The van der Waals surface area contributed by atoms with E-state index in [1.165, 1.54) is 12.1 Å². The zero-order valence-corrected chi connectivity index (χ0v) is 10.8. The largest absolute Gasteiger partial charge is 0.355 e. The molecule has 0 aliphatic carbocycles. The van der Waals surface area contributed by atoms with Crippen LogP contribution in [0, 0.1) is 5.82 Å². The lowest BCUT2D eigenvalue weighted by atomic mass is 10.1. The molecule has 1 heterocycles. The van der Waals surface area contributed by atoms with Crippen LogP contribution in [-0.4, -0.2) is 4.98 Å². The molecule has 0 unspecified atom stereocenters. The molecule has 0 saturated heterocycles. The Morgan fingerprint density at radius 2 is 1.95 bits per heavy atom. The minimum atomic E-state index is -0.344. The molecule has 0 amide bonds. The van der Waals surface area contributed by atoms with Crippen molar-refractivity contribution in [3.05, 3.63) is 58.9 Å². The minimum absolute atomic E-state index is 0.344. The van der Waals surface area contributed by atoms with Crippen molar-refractivity contribution in [3.63, 3.8) is 0 Å². The van der Waals surface area contributed by atoms with Crippen LogP contribution in [0.3, 0.4) is 0 Å². The smallest absolute Gasteiger partial charge is 0.125 e. The lowest BCUT2D eigenvalue weighted by molar-refractivity contribution is 0.628. The van der Waals surface area contributed by atoms with Crippen LogP contribution in [0.2, 0.25) is 5.02 Å². The summed E-state index contributed by atoms with van der Waals surface area (Å²) in [6.45, 7) is 0.502. The number of halogens is 2. The van der Waals surface area contributed by atoms with E-state index in [2.05, 4.69) is 4.98 Å². The fourth-order valence-corrected chi connectivity index (χ4v) is 2.40. The third kappa shape index (κ3) is 2.35. The van der Waals surface area contributed by atoms with Crippen LogP contribution in [0.25, 0.3) is 22.2 Å². The van der Waals surface area contributed by atoms with Gasteiger partial charge in [-0.25, -0.2) is 4.39 Å². The van der Waals surface area contributed by atoms with Gasteiger partial charge in [0.1, 0.15) is 5.82 Å². The van der Waals surface area contributed by atoms with E-state index >= 15 is 0 Å². The molecule has 1 aromatic heterocycles. The Hall–Kier alpha value is -1.84. The van der Waals surface area contributed by atoms with Gasteiger partial charge in [-0.2, -0.15) is 0 Å². The number of nitrogens with two attached hydrogens (primary N) is 1. The molecule has 19 heavy (non-hydrogen) atoms. The Morgan fingerprint density at radius 1 is 1.11 bits per heavy atom. The molecule has 0 aliphatic heterocycles. The van der Waals surface area contributed by atoms with Crippen LogP contribution >= 0.6 is 11.6 Å². The fourth-order valence-electron chi connectivity index (χ4n) is 2.17. The molecule has 2 nitrogen and oxygen atoms in total. The molecule has 0 radical (unpaired) electrons.